The number of alkyl halides is 2. The predicted octanol–water partition coefficient (Wildman–Crippen LogP) is 0.0730. The second-order valence-electron chi connectivity index (χ2n) is 3.49. The third-order valence-electron chi connectivity index (χ3n) is 2.36. The van der Waals surface area contributed by atoms with Gasteiger partial charge in [-0.15, -0.1) is 0 Å². The zero-order valence-corrected chi connectivity index (χ0v) is 7.73. The summed E-state index contributed by atoms with van der Waals surface area (Å²) in [6.07, 6.45) is -1.21. The molecule has 2 rings (SSSR count). The molecule has 1 heterocycles. The Kier molecular flexibility index (Phi) is 2.50. The lowest BCUT2D eigenvalue weighted by molar-refractivity contribution is -0.268. The standard InChI is InChI=1S/C9H9BF2O3/c11-9(12)5-15-8(9)6-1-3-7(4-2-6)10(13)14/h1-4,8,13-14H,5H2. The minimum absolute atomic E-state index is 0.265. The van der Waals surface area contributed by atoms with Crippen LogP contribution in [0.4, 0.5) is 8.78 Å². The van der Waals surface area contributed by atoms with Gasteiger partial charge < -0.3 is 14.8 Å². The van der Waals surface area contributed by atoms with Gasteiger partial charge in [-0.2, -0.15) is 0 Å². The van der Waals surface area contributed by atoms with Crippen molar-refractivity contribution in [1.29, 1.82) is 0 Å². The molecular weight excluding hydrogens is 205 g/mol. The molecule has 0 spiro atoms. The van der Waals surface area contributed by atoms with Crippen LogP contribution in [0.5, 0.6) is 0 Å². The second-order valence-corrected chi connectivity index (χ2v) is 3.49. The summed E-state index contributed by atoms with van der Waals surface area (Å²) in [4.78, 5) is 0. The Labute approximate surface area is 85.4 Å². The molecule has 1 unspecified atom stereocenters. The van der Waals surface area contributed by atoms with Gasteiger partial charge in [0.25, 0.3) is 0 Å². The van der Waals surface area contributed by atoms with Crippen molar-refractivity contribution in [3.8, 4) is 0 Å². The van der Waals surface area contributed by atoms with E-state index in [1.54, 1.807) is 0 Å². The van der Waals surface area contributed by atoms with E-state index in [9.17, 15) is 8.78 Å². The minimum Gasteiger partial charge on any atom is -0.423 e. The molecule has 0 radical (unpaired) electrons. The molecule has 1 aromatic rings. The summed E-state index contributed by atoms with van der Waals surface area (Å²) in [6, 6.07) is 5.59. The first-order chi connectivity index (χ1) is 7.00. The van der Waals surface area contributed by atoms with E-state index < -0.39 is 25.8 Å². The van der Waals surface area contributed by atoms with E-state index in [0.29, 0.717) is 5.56 Å². The molecule has 6 heteroatoms. The Bertz CT molecular complexity index is 353. The molecule has 1 aliphatic heterocycles. The molecule has 1 aromatic carbocycles. The van der Waals surface area contributed by atoms with Crippen LogP contribution in [-0.4, -0.2) is 29.7 Å². The number of hydrogen-bond donors (Lipinski definition) is 2. The van der Waals surface area contributed by atoms with Gasteiger partial charge in [0.1, 0.15) is 12.7 Å². The van der Waals surface area contributed by atoms with E-state index in [1.165, 1.54) is 24.3 Å². The number of ether oxygens (including phenoxy) is 1. The van der Waals surface area contributed by atoms with Gasteiger partial charge in [-0.1, -0.05) is 24.3 Å². The van der Waals surface area contributed by atoms with E-state index in [0.717, 1.165) is 0 Å². The maximum absolute atomic E-state index is 12.9. The largest absolute Gasteiger partial charge is 0.488 e. The van der Waals surface area contributed by atoms with Crippen molar-refractivity contribution in [3.63, 3.8) is 0 Å². The SMILES string of the molecule is OB(O)c1ccc(C2OCC2(F)F)cc1. The monoisotopic (exact) mass is 214 g/mol. The number of rotatable bonds is 2. The smallest absolute Gasteiger partial charge is 0.423 e. The molecule has 2 N–H and O–H groups in total. The van der Waals surface area contributed by atoms with E-state index in [-0.39, 0.29) is 5.46 Å². The highest BCUT2D eigenvalue weighted by Crippen LogP contribution is 2.42. The van der Waals surface area contributed by atoms with Crippen LogP contribution in [0.1, 0.15) is 11.7 Å². The van der Waals surface area contributed by atoms with Gasteiger partial charge >= 0.3 is 13.0 Å². The summed E-state index contributed by atoms with van der Waals surface area (Å²) in [7, 11) is -1.58. The zero-order valence-electron chi connectivity index (χ0n) is 7.73. The Morgan fingerprint density at radius 1 is 1.27 bits per heavy atom. The van der Waals surface area contributed by atoms with E-state index in [2.05, 4.69) is 0 Å². The van der Waals surface area contributed by atoms with Crippen molar-refractivity contribution in [2.75, 3.05) is 6.61 Å². The van der Waals surface area contributed by atoms with E-state index in [1.807, 2.05) is 0 Å². The zero-order chi connectivity index (χ0) is 11.1. The molecule has 1 atom stereocenters. The topological polar surface area (TPSA) is 49.7 Å². The molecule has 3 nitrogen and oxygen atoms in total. The molecule has 1 fully saturated rings. The molecule has 0 aliphatic carbocycles. The molecule has 15 heavy (non-hydrogen) atoms. The first-order valence-corrected chi connectivity index (χ1v) is 4.46. The predicted molar refractivity (Wildman–Crippen MR) is 49.9 cm³/mol. The molecule has 0 aromatic heterocycles. The van der Waals surface area contributed by atoms with Crippen molar-refractivity contribution in [2.45, 2.75) is 12.0 Å². The van der Waals surface area contributed by atoms with Crippen LogP contribution < -0.4 is 5.46 Å². The van der Waals surface area contributed by atoms with Crippen molar-refractivity contribution < 1.29 is 23.6 Å². The van der Waals surface area contributed by atoms with Crippen LogP contribution in [0.25, 0.3) is 0 Å². The Morgan fingerprint density at radius 2 is 1.87 bits per heavy atom. The lowest BCUT2D eigenvalue weighted by Crippen LogP contribution is -2.44. The lowest BCUT2D eigenvalue weighted by atomic mass is 9.79. The Morgan fingerprint density at radius 3 is 2.20 bits per heavy atom. The van der Waals surface area contributed by atoms with E-state index in [4.69, 9.17) is 14.8 Å². The summed E-state index contributed by atoms with van der Waals surface area (Å²) in [5, 5.41) is 17.6. The molecule has 0 saturated carbocycles. The van der Waals surface area contributed by atoms with Crippen LogP contribution in [0.2, 0.25) is 0 Å². The summed E-state index contributed by atoms with van der Waals surface area (Å²) < 4.78 is 30.6. The maximum atomic E-state index is 12.9. The van der Waals surface area contributed by atoms with Gasteiger partial charge in [0.05, 0.1) is 0 Å². The summed E-state index contributed by atoms with van der Waals surface area (Å²) in [5.41, 5.74) is 0.608. The summed E-state index contributed by atoms with van der Waals surface area (Å²) in [5.74, 6) is -2.82. The third-order valence-corrected chi connectivity index (χ3v) is 2.36. The molecule has 1 aliphatic rings. The fourth-order valence-corrected chi connectivity index (χ4v) is 1.48. The maximum Gasteiger partial charge on any atom is 0.488 e. The fourth-order valence-electron chi connectivity index (χ4n) is 1.48. The third kappa shape index (κ3) is 1.88. The normalized spacial score (nSPS) is 23.3. The van der Waals surface area contributed by atoms with Crippen LogP contribution in [-0.2, 0) is 4.74 Å². The highest BCUT2D eigenvalue weighted by Gasteiger charge is 2.50. The van der Waals surface area contributed by atoms with Crippen molar-refractivity contribution in [2.24, 2.45) is 0 Å². The first-order valence-electron chi connectivity index (χ1n) is 4.46. The average Bonchev–Trinajstić information content (AvgIpc) is 2.17. The summed E-state index contributed by atoms with van der Waals surface area (Å²) in [6.45, 7) is -0.554. The quantitative estimate of drug-likeness (QED) is 0.685. The number of hydrogen-bond acceptors (Lipinski definition) is 3. The summed E-state index contributed by atoms with van der Waals surface area (Å²) >= 11 is 0. The number of benzene rings is 1. The van der Waals surface area contributed by atoms with Crippen molar-refractivity contribution >= 4 is 12.6 Å². The van der Waals surface area contributed by atoms with Crippen LogP contribution >= 0.6 is 0 Å². The highest BCUT2D eigenvalue weighted by atomic mass is 19.3. The van der Waals surface area contributed by atoms with Gasteiger partial charge in [0, 0.05) is 0 Å². The molecular formula is C9H9BF2O3. The lowest BCUT2D eigenvalue weighted by Gasteiger charge is -2.36. The van der Waals surface area contributed by atoms with Crippen molar-refractivity contribution in [1.82, 2.24) is 0 Å². The second kappa shape index (κ2) is 3.55. The van der Waals surface area contributed by atoms with Crippen LogP contribution in [0, 0.1) is 0 Å². The highest BCUT2D eigenvalue weighted by molar-refractivity contribution is 6.58. The van der Waals surface area contributed by atoms with Gasteiger partial charge in [-0.05, 0) is 11.0 Å². The van der Waals surface area contributed by atoms with Gasteiger partial charge in [-0.3, -0.25) is 0 Å². The molecule has 1 saturated heterocycles. The van der Waals surface area contributed by atoms with Crippen LogP contribution in [0.15, 0.2) is 24.3 Å². The van der Waals surface area contributed by atoms with Gasteiger partial charge in [-0.25, -0.2) is 8.78 Å². The van der Waals surface area contributed by atoms with Gasteiger partial charge in [0.15, 0.2) is 0 Å². The molecule has 0 bridgehead atoms. The molecule has 0 amide bonds. The van der Waals surface area contributed by atoms with E-state index >= 15 is 0 Å². The number of halogens is 2. The van der Waals surface area contributed by atoms with Gasteiger partial charge in [0.2, 0.25) is 0 Å². The van der Waals surface area contributed by atoms with Crippen LogP contribution in [0.3, 0.4) is 0 Å². The fraction of sp³-hybridized carbons (Fsp3) is 0.333. The van der Waals surface area contributed by atoms with Crippen molar-refractivity contribution in [3.05, 3.63) is 29.8 Å². The minimum atomic E-state index is -2.82. The first kappa shape index (κ1) is 10.5. The molecule has 80 valence electrons. The Hall–Kier alpha value is -0.975. The Balaban J connectivity index is 2.17. The average molecular weight is 214 g/mol.